The molecule has 0 saturated heterocycles. The lowest BCUT2D eigenvalue weighted by Gasteiger charge is -2.17. The molecule has 2 aromatic carbocycles. The molecule has 0 radical (unpaired) electrons. The van der Waals surface area contributed by atoms with Gasteiger partial charge in [0.25, 0.3) is 0 Å². The summed E-state index contributed by atoms with van der Waals surface area (Å²) in [6, 6.07) is 10.8. The topological polar surface area (TPSA) is 52.6 Å². The number of carbonyl (C=O) groups is 2. The summed E-state index contributed by atoms with van der Waals surface area (Å²) in [5, 5.41) is 0.789. The van der Waals surface area contributed by atoms with Crippen molar-refractivity contribution in [2.75, 3.05) is 7.11 Å². The van der Waals surface area contributed by atoms with Gasteiger partial charge in [-0.3, -0.25) is 0 Å². The van der Waals surface area contributed by atoms with Gasteiger partial charge in [-0.05, 0) is 24.3 Å². The minimum absolute atomic E-state index is 0.153. The van der Waals surface area contributed by atoms with Crippen LogP contribution in [0.5, 0.6) is 0 Å². The third-order valence-electron chi connectivity index (χ3n) is 2.98. The summed E-state index contributed by atoms with van der Waals surface area (Å²) in [7, 11) is 1.19. The number of benzene rings is 2. The van der Waals surface area contributed by atoms with E-state index in [4.69, 9.17) is 39.5 Å². The predicted molar refractivity (Wildman–Crippen MR) is 88.1 cm³/mol. The van der Waals surface area contributed by atoms with Gasteiger partial charge in [0.2, 0.25) is 6.10 Å². The molecule has 0 aromatic heterocycles. The van der Waals surface area contributed by atoms with Gasteiger partial charge in [0, 0.05) is 10.6 Å². The molecule has 1 atom stereocenters. The lowest BCUT2D eigenvalue weighted by Crippen LogP contribution is -2.21. The minimum Gasteiger partial charge on any atom is -0.466 e. The van der Waals surface area contributed by atoms with Crippen LogP contribution in [0.15, 0.2) is 42.5 Å². The summed E-state index contributed by atoms with van der Waals surface area (Å²) < 4.78 is 9.93. The molecule has 0 saturated carbocycles. The smallest absolute Gasteiger partial charge is 0.352 e. The van der Waals surface area contributed by atoms with Gasteiger partial charge in [-0.15, -0.1) is 0 Å². The lowest BCUT2D eigenvalue weighted by molar-refractivity contribution is -0.151. The molecule has 0 N–H and O–H groups in total. The number of methoxy groups -OCH3 is 1. The number of hydrogen-bond acceptors (Lipinski definition) is 4. The van der Waals surface area contributed by atoms with E-state index in [0.29, 0.717) is 10.6 Å². The monoisotopic (exact) mass is 372 g/mol. The van der Waals surface area contributed by atoms with Gasteiger partial charge in [0.1, 0.15) is 0 Å². The zero-order chi connectivity index (χ0) is 17.0. The number of hydrogen-bond donors (Lipinski definition) is 0. The van der Waals surface area contributed by atoms with Crippen molar-refractivity contribution < 1.29 is 19.1 Å². The molecule has 7 heteroatoms. The summed E-state index contributed by atoms with van der Waals surface area (Å²) >= 11 is 17.7. The molecule has 0 amide bonds. The van der Waals surface area contributed by atoms with Crippen LogP contribution >= 0.6 is 34.8 Å². The van der Waals surface area contributed by atoms with Gasteiger partial charge in [-0.2, -0.15) is 0 Å². The van der Waals surface area contributed by atoms with Crippen molar-refractivity contribution in [3.8, 4) is 0 Å². The van der Waals surface area contributed by atoms with Crippen LogP contribution in [0, 0.1) is 0 Å². The molecule has 0 fully saturated rings. The van der Waals surface area contributed by atoms with E-state index in [1.807, 2.05) is 0 Å². The predicted octanol–water partition coefficient (Wildman–Crippen LogP) is 4.72. The molecular formula is C16H11Cl3O4. The number of esters is 2. The average molecular weight is 374 g/mol. The second kappa shape index (κ2) is 7.68. The molecule has 0 aliphatic carbocycles. The maximum atomic E-state index is 12.2. The summed E-state index contributed by atoms with van der Waals surface area (Å²) in [5.74, 6) is -1.50. The van der Waals surface area contributed by atoms with Crippen LogP contribution in [0.1, 0.15) is 22.0 Å². The van der Waals surface area contributed by atoms with E-state index in [2.05, 4.69) is 4.74 Å². The van der Waals surface area contributed by atoms with Crippen molar-refractivity contribution in [2.45, 2.75) is 6.10 Å². The third-order valence-corrected chi connectivity index (χ3v) is 4.07. The Balaban J connectivity index is 2.31. The number of rotatable bonds is 4. The highest BCUT2D eigenvalue weighted by atomic mass is 35.5. The molecule has 0 spiro atoms. The molecular weight excluding hydrogens is 363 g/mol. The molecule has 0 aliphatic heterocycles. The molecule has 0 bridgehead atoms. The minimum atomic E-state index is -1.28. The lowest BCUT2D eigenvalue weighted by atomic mass is 10.1. The zero-order valence-electron chi connectivity index (χ0n) is 11.9. The maximum Gasteiger partial charge on any atom is 0.352 e. The van der Waals surface area contributed by atoms with Gasteiger partial charge in [-0.25, -0.2) is 9.59 Å². The largest absolute Gasteiger partial charge is 0.466 e. The highest BCUT2D eigenvalue weighted by molar-refractivity contribution is 6.42. The van der Waals surface area contributed by atoms with E-state index >= 15 is 0 Å². The fourth-order valence-corrected chi connectivity index (χ4v) is 2.36. The highest BCUT2D eigenvalue weighted by Gasteiger charge is 2.28. The first-order valence-corrected chi connectivity index (χ1v) is 7.55. The summed E-state index contributed by atoms with van der Waals surface area (Å²) in [6.45, 7) is 0. The second-order valence-corrected chi connectivity index (χ2v) is 5.68. The Morgan fingerprint density at radius 3 is 2.26 bits per heavy atom. The number of halogens is 3. The van der Waals surface area contributed by atoms with Crippen LogP contribution in [-0.4, -0.2) is 19.0 Å². The maximum absolute atomic E-state index is 12.2. The van der Waals surface area contributed by atoms with Crippen LogP contribution < -0.4 is 0 Å². The van der Waals surface area contributed by atoms with Crippen molar-refractivity contribution in [3.05, 3.63) is 68.7 Å². The second-order valence-electron chi connectivity index (χ2n) is 4.46. The highest BCUT2D eigenvalue weighted by Crippen LogP contribution is 2.29. The Bertz CT molecular complexity index is 746. The van der Waals surface area contributed by atoms with Crippen LogP contribution in [0.25, 0.3) is 0 Å². The van der Waals surface area contributed by atoms with E-state index in [0.717, 1.165) is 0 Å². The Hall–Kier alpha value is -1.75. The van der Waals surface area contributed by atoms with Crippen molar-refractivity contribution in [3.63, 3.8) is 0 Å². The fourth-order valence-electron chi connectivity index (χ4n) is 1.83. The van der Waals surface area contributed by atoms with Gasteiger partial charge in [0.05, 0.1) is 22.7 Å². The van der Waals surface area contributed by atoms with Gasteiger partial charge < -0.3 is 9.47 Å². The molecule has 0 heterocycles. The molecule has 0 aliphatic rings. The molecule has 2 aromatic rings. The molecule has 23 heavy (non-hydrogen) atoms. The first kappa shape index (κ1) is 17.6. The van der Waals surface area contributed by atoms with Crippen molar-refractivity contribution >= 4 is 46.7 Å². The fraction of sp³-hybridized carbons (Fsp3) is 0.125. The number of ether oxygens (including phenoxy) is 2. The summed E-state index contributed by atoms with van der Waals surface area (Å²) in [4.78, 5) is 24.2. The third kappa shape index (κ3) is 4.16. The van der Waals surface area contributed by atoms with Crippen LogP contribution in [-0.2, 0) is 14.3 Å². The van der Waals surface area contributed by atoms with Gasteiger partial charge in [0.15, 0.2) is 0 Å². The molecule has 120 valence electrons. The van der Waals surface area contributed by atoms with E-state index < -0.39 is 18.0 Å². The average Bonchev–Trinajstić information content (AvgIpc) is 2.55. The van der Waals surface area contributed by atoms with E-state index in [-0.39, 0.29) is 15.6 Å². The van der Waals surface area contributed by atoms with Crippen LogP contribution in [0.4, 0.5) is 0 Å². The standard InChI is InChI=1S/C16H11Cl3O4/c1-22-16(21)14(10-4-2-3-5-11(10)17)23-15(20)9-6-7-12(18)13(19)8-9/h2-8,14H,1H3. The van der Waals surface area contributed by atoms with Crippen LogP contribution in [0.3, 0.4) is 0 Å². The van der Waals surface area contributed by atoms with Gasteiger partial charge in [-0.1, -0.05) is 53.0 Å². The Kier molecular flexibility index (Phi) is 5.88. The van der Waals surface area contributed by atoms with Crippen molar-refractivity contribution in [2.24, 2.45) is 0 Å². The van der Waals surface area contributed by atoms with Crippen molar-refractivity contribution in [1.29, 1.82) is 0 Å². The summed E-state index contributed by atoms with van der Waals surface area (Å²) in [6.07, 6.45) is -1.28. The molecule has 1 unspecified atom stereocenters. The number of carbonyl (C=O) groups excluding carboxylic acids is 2. The first-order chi connectivity index (χ1) is 10.9. The SMILES string of the molecule is COC(=O)C(OC(=O)c1ccc(Cl)c(Cl)c1)c1ccccc1Cl. The van der Waals surface area contributed by atoms with Crippen molar-refractivity contribution in [1.82, 2.24) is 0 Å². The Labute approximate surface area is 147 Å². The molecule has 2 rings (SSSR count). The quantitative estimate of drug-likeness (QED) is 0.728. The van der Waals surface area contributed by atoms with Gasteiger partial charge >= 0.3 is 11.9 Å². The first-order valence-electron chi connectivity index (χ1n) is 6.42. The molecule has 4 nitrogen and oxygen atoms in total. The normalized spacial score (nSPS) is 11.7. The van der Waals surface area contributed by atoms with E-state index in [9.17, 15) is 9.59 Å². The Morgan fingerprint density at radius 1 is 0.957 bits per heavy atom. The van der Waals surface area contributed by atoms with E-state index in [1.54, 1.807) is 24.3 Å². The van der Waals surface area contributed by atoms with Crippen LogP contribution in [0.2, 0.25) is 15.1 Å². The summed E-state index contributed by atoms with van der Waals surface area (Å²) in [5.41, 5.74) is 0.481. The van der Waals surface area contributed by atoms with E-state index in [1.165, 1.54) is 25.3 Å². The Morgan fingerprint density at radius 2 is 1.65 bits per heavy atom. The zero-order valence-corrected chi connectivity index (χ0v) is 14.2.